The fourth-order valence-corrected chi connectivity index (χ4v) is 3.08. The second-order valence-corrected chi connectivity index (χ2v) is 6.84. The highest BCUT2D eigenvalue weighted by atomic mass is 32.2. The van der Waals surface area contributed by atoms with Crippen LogP contribution in [0.3, 0.4) is 0 Å². The fraction of sp³-hybridized carbons (Fsp3) is 0.429. The number of sulfonamides is 1. The van der Waals surface area contributed by atoms with Crippen molar-refractivity contribution in [1.82, 2.24) is 4.83 Å². The number of nitrogens with two attached hydrogens (primary N) is 1. The van der Waals surface area contributed by atoms with Gasteiger partial charge in [0.1, 0.15) is 6.10 Å². The van der Waals surface area contributed by atoms with Gasteiger partial charge < -0.3 is 10.5 Å². The van der Waals surface area contributed by atoms with Crippen molar-refractivity contribution in [2.24, 2.45) is 10.8 Å². The zero-order valence-corrected chi connectivity index (χ0v) is 13.1. The molecule has 0 bridgehead atoms. The van der Waals surface area contributed by atoms with E-state index in [1.165, 1.54) is 12.1 Å². The van der Waals surface area contributed by atoms with Gasteiger partial charge >= 0.3 is 6.09 Å². The van der Waals surface area contributed by atoms with E-state index in [1.54, 1.807) is 12.1 Å². The number of nitrogens with zero attached hydrogens (tertiary/aromatic N) is 1. The maximum atomic E-state index is 12.2. The molecule has 1 fully saturated rings. The SMILES string of the molecule is Cc1ccc(S(=O)(=O)NN=C2CCCCC2OC(N)=O)cc1. The van der Waals surface area contributed by atoms with Gasteiger partial charge in [0.15, 0.2) is 0 Å². The van der Waals surface area contributed by atoms with Crippen molar-refractivity contribution in [3.63, 3.8) is 0 Å². The number of carbonyl (C=O) groups excluding carboxylic acids is 1. The van der Waals surface area contributed by atoms with Crippen LogP contribution in [-0.2, 0) is 14.8 Å². The Bertz CT molecular complexity index is 668. The minimum absolute atomic E-state index is 0.130. The monoisotopic (exact) mass is 325 g/mol. The van der Waals surface area contributed by atoms with Gasteiger partial charge in [0.2, 0.25) is 0 Å². The number of amides is 1. The molecule has 0 aliphatic heterocycles. The Morgan fingerprint density at radius 3 is 2.64 bits per heavy atom. The Morgan fingerprint density at radius 2 is 2.00 bits per heavy atom. The third-order valence-corrected chi connectivity index (χ3v) is 4.64. The van der Waals surface area contributed by atoms with Crippen LogP contribution in [0.15, 0.2) is 34.3 Å². The Kier molecular flexibility index (Phi) is 5.02. The average molecular weight is 325 g/mol. The molecule has 0 radical (unpaired) electrons. The molecule has 1 aromatic carbocycles. The van der Waals surface area contributed by atoms with Crippen LogP contribution in [0, 0.1) is 6.92 Å². The van der Waals surface area contributed by atoms with Gasteiger partial charge in [0.25, 0.3) is 10.0 Å². The predicted molar refractivity (Wildman–Crippen MR) is 81.9 cm³/mol. The van der Waals surface area contributed by atoms with Crippen molar-refractivity contribution in [3.8, 4) is 0 Å². The average Bonchev–Trinajstić information content (AvgIpc) is 2.46. The quantitative estimate of drug-likeness (QED) is 0.820. The van der Waals surface area contributed by atoms with Gasteiger partial charge in [-0.15, -0.1) is 0 Å². The van der Waals surface area contributed by atoms with Crippen LogP contribution in [0.1, 0.15) is 31.2 Å². The molecule has 0 aromatic heterocycles. The van der Waals surface area contributed by atoms with Crippen molar-refractivity contribution in [3.05, 3.63) is 29.8 Å². The Balaban J connectivity index is 2.14. The van der Waals surface area contributed by atoms with E-state index < -0.39 is 22.2 Å². The molecule has 8 heteroatoms. The van der Waals surface area contributed by atoms with E-state index in [2.05, 4.69) is 9.93 Å². The second kappa shape index (κ2) is 6.78. The zero-order valence-electron chi connectivity index (χ0n) is 12.3. The van der Waals surface area contributed by atoms with Gasteiger partial charge in [-0.2, -0.15) is 18.4 Å². The topological polar surface area (TPSA) is 111 Å². The number of hydrazone groups is 1. The van der Waals surface area contributed by atoms with Crippen molar-refractivity contribution >= 4 is 21.8 Å². The number of benzene rings is 1. The number of carbonyl (C=O) groups is 1. The number of aryl methyl sites for hydroxylation is 1. The van der Waals surface area contributed by atoms with Crippen molar-refractivity contribution in [2.75, 3.05) is 0 Å². The molecule has 1 aliphatic rings. The minimum atomic E-state index is -3.74. The summed E-state index contributed by atoms with van der Waals surface area (Å²) in [7, 11) is -3.74. The lowest BCUT2D eigenvalue weighted by molar-refractivity contribution is 0.127. The first-order valence-corrected chi connectivity index (χ1v) is 8.48. The summed E-state index contributed by atoms with van der Waals surface area (Å²) in [4.78, 5) is 13.2. The summed E-state index contributed by atoms with van der Waals surface area (Å²) in [6.07, 6.45) is 1.45. The number of primary amides is 1. The molecular weight excluding hydrogens is 306 g/mol. The molecule has 0 spiro atoms. The van der Waals surface area contributed by atoms with E-state index in [9.17, 15) is 13.2 Å². The van der Waals surface area contributed by atoms with Gasteiger partial charge in [-0.3, -0.25) is 0 Å². The van der Waals surface area contributed by atoms with Crippen molar-refractivity contribution < 1.29 is 17.9 Å². The highest BCUT2D eigenvalue weighted by Gasteiger charge is 2.24. The number of rotatable bonds is 4. The second-order valence-electron chi connectivity index (χ2n) is 5.18. The van der Waals surface area contributed by atoms with Crippen LogP contribution in [0.4, 0.5) is 4.79 Å². The first-order valence-electron chi connectivity index (χ1n) is 6.99. The molecule has 2 rings (SSSR count). The lowest BCUT2D eigenvalue weighted by Gasteiger charge is -2.23. The summed E-state index contributed by atoms with van der Waals surface area (Å²) < 4.78 is 29.3. The van der Waals surface area contributed by atoms with Gasteiger partial charge in [0, 0.05) is 0 Å². The smallest absolute Gasteiger partial charge is 0.405 e. The maximum absolute atomic E-state index is 12.2. The number of hydrogen-bond acceptors (Lipinski definition) is 5. The summed E-state index contributed by atoms with van der Waals surface area (Å²) in [6.45, 7) is 1.87. The molecule has 3 N–H and O–H groups in total. The van der Waals surface area contributed by atoms with Crippen molar-refractivity contribution in [1.29, 1.82) is 0 Å². The Labute approximate surface area is 129 Å². The van der Waals surface area contributed by atoms with Gasteiger partial charge in [-0.25, -0.2) is 4.79 Å². The predicted octanol–water partition coefficient (Wildman–Crippen LogP) is 1.67. The number of nitrogens with one attached hydrogen (secondary N) is 1. The third-order valence-electron chi connectivity index (χ3n) is 3.42. The molecule has 0 heterocycles. The Morgan fingerprint density at radius 1 is 1.32 bits per heavy atom. The largest absolute Gasteiger partial charge is 0.440 e. The summed E-state index contributed by atoms with van der Waals surface area (Å²) >= 11 is 0. The van der Waals surface area contributed by atoms with Gasteiger partial charge in [-0.05, 0) is 44.7 Å². The van der Waals surface area contributed by atoms with Crippen LogP contribution in [0.25, 0.3) is 0 Å². The minimum Gasteiger partial charge on any atom is -0.440 e. The molecule has 1 aliphatic carbocycles. The molecule has 1 atom stereocenters. The molecule has 1 unspecified atom stereocenters. The van der Waals surface area contributed by atoms with E-state index in [0.717, 1.165) is 18.4 Å². The van der Waals surface area contributed by atoms with Crippen LogP contribution in [0.5, 0.6) is 0 Å². The van der Waals surface area contributed by atoms with E-state index in [-0.39, 0.29) is 4.90 Å². The molecule has 1 aromatic rings. The van der Waals surface area contributed by atoms with E-state index in [4.69, 9.17) is 10.5 Å². The van der Waals surface area contributed by atoms with E-state index in [0.29, 0.717) is 18.6 Å². The first-order chi connectivity index (χ1) is 10.4. The van der Waals surface area contributed by atoms with E-state index in [1.807, 2.05) is 6.92 Å². The molecule has 7 nitrogen and oxygen atoms in total. The maximum Gasteiger partial charge on any atom is 0.405 e. The Hall–Kier alpha value is -2.09. The third kappa shape index (κ3) is 4.20. The van der Waals surface area contributed by atoms with Gasteiger partial charge in [0.05, 0.1) is 10.6 Å². The normalized spacial score (nSPS) is 20.6. The van der Waals surface area contributed by atoms with Crippen LogP contribution in [-0.4, -0.2) is 26.3 Å². The highest BCUT2D eigenvalue weighted by molar-refractivity contribution is 7.89. The van der Waals surface area contributed by atoms with Gasteiger partial charge in [-0.1, -0.05) is 17.7 Å². The first kappa shape index (κ1) is 16.3. The highest BCUT2D eigenvalue weighted by Crippen LogP contribution is 2.19. The lowest BCUT2D eigenvalue weighted by Crippen LogP contribution is -2.34. The van der Waals surface area contributed by atoms with Crippen molar-refractivity contribution in [2.45, 2.75) is 43.6 Å². The summed E-state index contributed by atoms with van der Waals surface area (Å²) in [5.41, 5.74) is 6.47. The fourth-order valence-electron chi connectivity index (χ4n) is 2.25. The molecule has 22 heavy (non-hydrogen) atoms. The van der Waals surface area contributed by atoms with Crippen LogP contribution >= 0.6 is 0 Å². The molecule has 120 valence electrons. The number of hydrogen-bond donors (Lipinski definition) is 2. The molecular formula is C14H19N3O4S. The summed E-state index contributed by atoms with van der Waals surface area (Å²) in [6, 6.07) is 6.44. The molecule has 1 saturated carbocycles. The summed E-state index contributed by atoms with van der Waals surface area (Å²) in [5.74, 6) is 0. The lowest BCUT2D eigenvalue weighted by atomic mass is 9.95. The van der Waals surface area contributed by atoms with Crippen LogP contribution in [0.2, 0.25) is 0 Å². The molecule has 0 saturated heterocycles. The zero-order chi connectivity index (χ0) is 16.2. The molecule has 1 amide bonds. The standard InChI is InChI=1S/C14H19N3O4S/c1-10-6-8-11(9-7-10)22(19,20)17-16-12-4-2-3-5-13(12)21-14(15)18/h6-9,13,17H,2-5H2,1H3,(H2,15,18). The summed E-state index contributed by atoms with van der Waals surface area (Å²) in [5, 5.41) is 3.93. The van der Waals surface area contributed by atoms with Crippen LogP contribution < -0.4 is 10.6 Å². The number of ether oxygens (including phenoxy) is 1. The van der Waals surface area contributed by atoms with E-state index >= 15 is 0 Å².